The second-order valence-electron chi connectivity index (χ2n) is 8.65. The van der Waals surface area contributed by atoms with Crippen LogP contribution in [0.5, 0.6) is 0 Å². The molecule has 0 unspecified atom stereocenters. The fraction of sp³-hybridized carbons (Fsp3) is 0.333. The summed E-state index contributed by atoms with van der Waals surface area (Å²) in [5.74, 6) is 6.83. The van der Waals surface area contributed by atoms with E-state index in [1.165, 1.54) is 42.6 Å². The maximum Gasteiger partial charge on any atom is 0.108 e. The normalized spacial score (nSPS) is 14.8. The minimum Gasteiger partial charge on any atom is -0.369 e. The third-order valence-corrected chi connectivity index (χ3v) is 6.35. The van der Waals surface area contributed by atoms with Gasteiger partial charge in [-0.1, -0.05) is 78.7 Å². The van der Waals surface area contributed by atoms with Gasteiger partial charge in [0.2, 0.25) is 0 Å². The Hall–Kier alpha value is -2.86. The molecule has 32 heavy (non-hydrogen) atoms. The zero-order valence-electron chi connectivity index (χ0n) is 19.0. The minimum atomic E-state index is 0.0119. The maximum atomic E-state index is 6.45. The molecular formula is C30H33NO. The fourth-order valence-electron chi connectivity index (χ4n) is 4.52. The van der Waals surface area contributed by atoms with Crippen LogP contribution in [0.15, 0.2) is 84.9 Å². The van der Waals surface area contributed by atoms with Crippen molar-refractivity contribution in [3.8, 4) is 11.8 Å². The lowest BCUT2D eigenvalue weighted by molar-refractivity contribution is 0.0596. The average Bonchev–Trinajstić information content (AvgIpc) is 2.85. The van der Waals surface area contributed by atoms with Crippen LogP contribution in [-0.4, -0.2) is 24.6 Å². The van der Waals surface area contributed by atoms with Crippen LogP contribution in [0.3, 0.4) is 0 Å². The molecule has 3 aromatic rings. The minimum absolute atomic E-state index is 0.0119. The second kappa shape index (κ2) is 11.7. The molecule has 0 atom stereocenters. The van der Waals surface area contributed by atoms with Crippen LogP contribution in [-0.2, 0) is 11.3 Å². The van der Waals surface area contributed by atoms with Crippen LogP contribution in [0, 0.1) is 17.8 Å². The molecule has 1 aliphatic rings. The Morgan fingerprint density at radius 3 is 2.00 bits per heavy atom. The highest BCUT2D eigenvalue weighted by atomic mass is 16.5. The van der Waals surface area contributed by atoms with Crippen molar-refractivity contribution >= 4 is 0 Å². The van der Waals surface area contributed by atoms with Gasteiger partial charge in [0, 0.05) is 18.7 Å². The van der Waals surface area contributed by atoms with E-state index in [2.05, 4.69) is 102 Å². The predicted octanol–water partition coefficient (Wildman–Crippen LogP) is 6.47. The number of rotatable bonds is 8. The van der Waals surface area contributed by atoms with Crippen molar-refractivity contribution in [1.82, 2.24) is 4.90 Å². The van der Waals surface area contributed by atoms with Crippen LogP contribution in [0.2, 0.25) is 0 Å². The third kappa shape index (κ3) is 6.33. The Kier molecular flexibility index (Phi) is 8.15. The zero-order chi connectivity index (χ0) is 22.0. The fourth-order valence-corrected chi connectivity index (χ4v) is 4.52. The van der Waals surface area contributed by atoms with Gasteiger partial charge in [-0.2, -0.15) is 0 Å². The first-order valence-corrected chi connectivity index (χ1v) is 11.8. The molecular weight excluding hydrogens is 390 g/mol. The predicted molar refractivity (Wildman–Crippen MR) is 132 cm³/mol. The number of hydrogen-bond acceptors (Lipinski definition) is 2. The Balaban J connectivity index is 1.24. The summed E-state index contributed by atoms with van der Waals surface area (Å²) in [5, 5.41) is 0. The lowest BCUT2D eigenvalue weighted by atomic mass is 9.93. The highest BCUT2D eigenvalue weighted by Crippen LogP contribution is 2.28. The number of piperidine rings is 1. The molecule has 4 rings (SSSR count). The standard InChI is InChI=1S/C30H33NO/c1-2-9-25-14-16-27(17-15-25)24-31-21-18-26(19-22-31)20-23-32-30(28-10-5-3-6-11-28)29-12-7-4-8-13-29/h3-8,10-17,26,30H,18-24H2,1H3. The van der Waals surface area contributed by atoms with E-state index in [9.17, 15) is 0 Å². The van der Waals surface area contributed by atoms with Gasteiger partial charge >= 0.3 is 0 Å². The maximum absolute atomic E-state index is 6.45. The summed E-state index contributed by atoms with van der Waals surface area (Å²) in [6.45, 7) is 6.06. The van der Waals surface area contributed by atoms with Crippen molar-refractivity contribution in [3.63, 3.8) is 0 Å². The molecule has 0 radical (unpaired) electrons. The molecule has 0 amide bonds. The van der Waals surface area contributed by atoms with Crippen molar-refractivity contribution in [2.45, 2.75) is 38.8 Å². The van der Waals surface area contributed by atoms with Crippen LogP contribution < -0.4 is 0 Å². The van der Waals surface area contributed by atoms with Gasteiger partial charge in [0.25, 0.3) is 0 Å². The van der Waals surface area contributed by atoms with E-state index >= 15 is 0 Å². The summed E-state index contributed by atoms with van der Waals surface area (Å²) < 4.78 is 6.45. The molecule has 0 aliphatic carbocycles. The van der Waals surface area contributed by atoms with Crippen LogP contribution >= 0.6 is 0 Å². The van der Waals surface area contributed by atoms with E-state index in [4.69, 9.17) is 4.74 Å². The van der Waals surface area contributed by atoms with Crippen molar-refractivity contribution in [3.05, 3.63) is 107 Å². The number of benzene rings is 3. The third-order valence-electron chi connectivity index (χ3n) is 6.35. The SMILES string of the molecule is CC#Cc1ccc(CN2CCC(CCOC(c3ccccc3)c3ccccc3)CC2)cc1. The Labute approximate surface area is 193 Å². The van der Waals surface area contributed by atoms with Crippen molar-refractivity contribution in [1.29, 1.82) is 0 Å². The molecule has 1 saturated heterocycles. The van der Waals surface area contributed by atoms with Gasteiger partial charge in [0.1, 0.15) is 6.10 Å². The summed E-state index contributed by atoms with van der Waals surface area (Å²) >= 11 is 0. The molecule has 0 bridgehead atoms. The molecule has 0 saturated carbocycles. The topological polar surface area (TPSA) is 12.5 Å². The Morgan fingerprint density at radius 1 is 0.844 bits per heavy atom. The molecule has 1 aliphatic heterocycles. The van der Waals surface area contributed by atoms with Gasteiger partial charge < -0.3 is 4.74 Å². The molecule has 3 aromatic carbocycles. The van der Waals surface area contributed by atoms with Gasteiger partial charge in [-0.3, -0.25) is 4.90 Å². The average molecular weight is 424 g/mol. The first-order valence-electron chi connectivity index (χ1n) is 11.8. The van der Waals surface area contributed by atoms with E-state index in [-0.39, 0.29) is 6.10 Å². The van der Waals surface area contributed by atoms with Crippen molar-refractivity contribution in [2.24, 2.45) is 5.92 Å². The number of nitrogens with zero attached hydrogens (tertiary/aromatic N) is 1. The number of likely N-dealkylation sites (tertiary alicyclic amines) is 1. The number of hydrogen-bond donors (Lipinski definition) is 0. The lowest BCUT2D eigenvalue weighted by Gasteiger charge is -2.32. The number of ether oxygens (including phenoxy) is 1. The highest BCUT2D eigenvalue weighted by Gasteiger charge is 2.20. The van der Waals surface area contributed by atoms with Gasteiger partial charge in [-0.15, -0.1) is 5.92 Å². The summed E-state index contributed by atoms with van der Waals surface area (Å²) in [6.07, 6.45) is 3.65. The first-order chi connectivity index (χ1) is 15.8. The monoisotopic (exact) mass is 423 g/mol. The molecule has 0 aromatic heterocycles. The second-order valence-corrected chi connectivity index (χ2v) is 8.65. The largest absolute Gasteiger partial charge is 0.369 e. The van der Waals surface area contributed by atoms with Crippen LogP contribution in [0.4, 0.5) is 0 Å². The van der Waals surface area contributed by atoms with Gasteiger partial charge in [0.05, 0.1) is 0 Å². The van der Waals surface area contributed by atoms with Gasteiger partial charge in [-0.05, 0) is 74.0 Å². The van der Waals surface area contributed by atoms with E-state index in [0.717, 1.165) is 31.1 Å². The van der Waals surface area contributed by atoms with Crippen LogP contribution in [0.25, 0.3) is 0 Å². The molecule has 1 heterocycles. The van der Waals surface area contributed by atoms with E-state index in [1.807, 2.05) is 6.92 Å². The summed E-state index contributed by atoms with van der Waals surface area (Å²) in [4.78, 5) is 2.58. The van der Waals surface area contributed by atoms with Gasteiger partial charge in [0.15, 0.2) is 0 Å². The Bertz CT molecular complexity index is 954. The molecule has 0 N–H and O–H groups in total. The molecule has 164 valence electrons. The van der Waals surface area contributed by atoms with Crippen molar-refractivity contribution < 1.29 is 4.74 Å². The molecule has 1 fully saturated rings. The molecule has 0 spiro atoms. The van der Waals surface area contributed by atoms with Gasteiger partial charge in [-0.25, -0.2) is 0 Å². The summed E-state index contributed by atoms with van der Waals surface area (Å²) in [7, 11) is 0. The molecule has 2 heteroatoms. The Morgan fingerprint density at radius 2 is 1.44 bits per heavy atom. The van der Waals surface area contributed by atoms with Crippen LogP contribution in [0.1, 0.15) is 54.5 Å². The quantitative estimate of drug-likeness (QED) is 0.385. The first kappa shape index (κ1) is 22.3. The van der Waals surface area contributed by atoms with Crippen molar-refractivity contribution in [2.75, 3.05) is 19.7 Å². The highest BCUT2D eigenvalue weighted by molar-refractivity contribution is 5.35. The smallest absolute Gasteiger partial charge is 0.108 e. The lowest BCUT2D eigenvalue weighted by Crippen LogP contribution is -2.33. The van der Waals surface area contributed by atoms with E-state index in [0.29, 0.717) is 0 Å². The van der Waals surface area contributed by atoms with E-state index < -0.39 is 0 Å². The zero-order valence-corrected chi connectivity index (χ0v) is 19.0. The summed E-state index contributed by atoms with van der Waals surface area (Å²) in [6, 6.07) is 29.8. The summed E-state index contributed by atoms with van der Waals surface area (Å²) in [5.41, 5.74) is 4.93. The van der Waals surface area contributed by atoms with E-state index in [1.54, 1.807) is 0 Å². The molecule has 2 nitrogen and oxygen atoms in total.